The third kappa shape index (κ3) is 3.32. The molecule has 0 spiro atoms. The summed E-state index contributed by atoms with van der Waals surface area (Å²) in [4.78, 5) is 4.81. The van der Waals surface area contributed by atoms with E-state index < -0.39 is 0 Å². The van der Waals surface area contributed by atoms with Crippen LogP contribution in [0.1, 0.15) is 64.2 Å². The Bertz CT molecular complexity index is 1660. The fourth-order valence-corrected chi connectivity index (χ4v) is 6.47. The molecular formula is C33H34FNO. The highest BCUT2D eigenvalue weighted by molar-refractivity contribution is 6.12. The van der Waals surface area contributed by atoms with Crippen molar-refractivity contribution in [3.05, 3.63) is 77.2 Å². The number of nitrogens with zero attached hydrogens (tertiary/aromatic N) is 1. The number of aryl methyl sites for hydroxylation is 1. The van der Waals surface area contributed by atoms with Gasteiger partial charge < -0.3 is 4.42 Å². The highest BCUT2D eigenvalue weighted by Crippen LogP contribution is 2.74. The normalized spacial score (nSPS) is 17.0. The molecule has 36 heavy (non-hydrogen) atoms. The number of benzene rings is 3. The summed E-state index contributed by atoms with van der Waals surface area (Å²) in [5.41, 5.74) is 6.60. The fourth-order valence-electron chi connectivity index (χ4n) is 6.47. The third-order valence-electron chi connectivity index (χ3n) is 8.89. The zero-order valence-electron chi connectivity index (χ0n) is 22.3. The standard InChI is InChI=1S/C33H34FNO/c1-18(2)12-20-8-9-22-21(15-20)10-11-35-29(22)26-14-19(3)13-24-23-16-25(31-32(4,5)33(31,6)7)27(34)17-28(23)36-30(24)26/h8-11,13-18,31H,12H2,1-7H3. The fraction of sp³-hybridized carbons (Fsp3) is 0.364. The topological polar surface area (TPSA) is 26.0 Å². The summed E-state index contributed by atoms with van der Waals surface area (Å²) >= 11 is 0. The van der Waals surface area contributed by atoms with Crippen LogP contribution in [0.25, 0.3) is 44.0 Å². The highest BCUT2D eigenvalue weighted by atomic mass is 19.1. The van der Waals surface area contributed by atoms with Crippen LogP contribution in [-0.4, -0.2) is 4.98 Å². The number of hydrogen-bond donors (Lipinski definition) is 0. The average Bonchev–Trinajstić information content (AvgIpc) is 3.04. The first-order valence-electron chi connectivity index (χ1n) is 13.0. The van der Waals surface area contributed by atoms with Crippen molar-refractivity contribution in [3.63, 3.8) is 0 Å². The number of pyridine rings is 1. The van der Waals surface area contributed by atoms with Gasteiger partial charge in [0.15, 0.2) is 0 Å². The minimum absolute atomic E-state index is 0.0590. The van der Waals surface area contributed by atoms with Gasteiger partial charge in [-0.05, 0) is 82.4 Å². The van der Waals surface area contributed by atoms with E-state index in [0.717, 1.165) is 50.5 Å². The Labute approximate surface area is 212 Å². The first-order chi connectivity index (χ1) is 17.0. The first kappa shape index (κ1) is 23.2. The van der Waals surface area contributed by atoms with E-state index >= 15 is 4.39 Å². The van der Waals surface area contributed by atoms with Gasteiger partial charge in [-0.25, -0.2) is 4.39 Å². The molecule has 3 heteroatoms. The summed E-state index contributed by atoms with van der Waals surface area (Å²) in [6, 6.07) is 16.7. The van der Waals surface area contributed by atoms with Gasteiger partial charge in [0.2, 0.25) is 0 Å². The quantitative estimate of drug-likeness (QED) is 0.256. The predicted molar refractivity (Wildman–Crippen MR) is 148 cm³/mol. The number of halogens is 1. The van der Waals surface area contributed by atoms with E-state index in [9.17, 15) is 0 Å². The van der Waals surface area contributed by atoms with Gasteiger partial charge in [0.1, 0.15) is 17.0 Å². The maximum Gasteiger partial charge on any atom is 0.144 e. The maximum absolute atomic E-state index is 15.4. The van der Waals surface area contributed by atoms with Crippen molar-refractivity contribution in [2.24, 2.45) is 16.7 Å². The smallest absolute Gasteiger partial charge is 0.144 e. The maximum atomic E-state index is 15.4. The SMILES string of the molecule is Cc1cc(-c2nccc3cc(CC(C)C)ccc23)c2oc3cc(F)c(C4C(C)(C)C4(C)C)cc3c2c1. The Hall–Kier alpha value is -3.20. The van der Waals surface area contributed by atoms with E-state index in [4.69, 9.17) is 9.40 Å². The van der Waals surface area contributed by atoms with E-state index in [-0.39, 0.29) is 22.6 Å². The largest absolute Gasteiger partial charge is 0.455 e. The van der Waals surface area contributed by atoms with Gasteiger partial charge in [-0.1, -0.05) is 59.7 Å². The van der Waals surface area contributed by atoms with Gasteiger partial charge in [0, 0.05) is 34.0 Å². The third-order valence-corrected chi connectivity index (χ3v) is 8.89. The molecule has 5 aromatic rings. The van der Waals surface area contributed by atoms with Crippen molar-refractivity contribution in [2.75, 3.05) is 0 Å². The highest BCUT2D eigenvalue weighted by Gasteiger charge is 2.65. The summed E-state index contributed by atoms with van der Waals surface area (Å²) in [7, 11) is 0. The second kappa shape index (κ2) is 7.65. The van der Waals surface area contributed by atoms with Crippen molar-refractivity contribution < 1.29 is 8.81 Å². The van der Waals surface area contributed by atoms with Crippen LogP contribution in [0.5, 0.6) is 0 Å². The summed E-state index contributed by atoms with van der Waals surface area (Å²) in [6.45, 7) is 15.5. The molecule has 0 unspecified atom stereocenters. The average molecular weight is 480 g/mol. The van der Waals surface area contributed by atoms with Crippen LogP contribution in [0.3, 0.4) is 0 Å². The molecule has 2 aromatic heterocycles. The van der Waals surface area contributed by atoms with Gasteiger partial charge in [-0.15, -0.1) is 0 Å². The summed E-state index contributed by atoms with van der Waals surface area (Å²) < 4.78 is 21.8. The summed E-state index contributed by atoms with van der Waals surface area (Å²) in [5, 5.41) is 4.28. The molecular weight excluding hydrogens is 445 g/mol. The van der Waals surface area contributed by atoms with Gasteiger partial charge in [0.05, 0.1) is 5.69 Å². The van der Waals surface area contributed by atoms with E-state index in [1.165, 1.54) is 10.9 Å². The van der Waals surface area contributed by atoms with Gasteiger partial charge in [-0.3, -0.25) is 4.98 Å². The molecule has 1 aliphatic rings. The van der Waals surface area contributed by atoms with Crippen molar-refractivity contribution >= 4 is 32.7 Å². The molecule has 184 valence electrons. The number of aromatic nitrogens is 1. The molecule has 0 radical (unpaired) electrons. The number of furan rings is 1. The molecule has 1 aliphatic carbocycles. The molecule has 0 aliphatic heterocycles. The molecule has 6 rings (SSSR count). The van der Waals surface area contributed by atoms with Crippen LogP contribution in [0.15, 0.2) is 59.1 Å². The Kier molecular flexibility index (Phi) is 4.93. The molecule has 3 aromatic carbocycles. The number of hydrogen-bond acceptors (Lipinski definition) is 2. The predicted octanol–water partition coefficient (Wildman–Crippen LogP) is 9.60. The lowest BCUT2D eigenvalue weighted by molar-refractivity contribution is 0.457. The van der Waals surface area contributed by atoms with Gasteiger partial charge >= 0.3 is 0 Å². The Balaban J connectivity index is 1.57. The monoisotopic (exact) mass is 479 g/mol. The van der Waals surface area contributed by atoms with Crippen LogP contribution in [-0.2, 0) is 6.42 Å². The minimum atomic E-state index is -0.176. The molecule has 1 fully saturated rings. The second-order valence-corrected chi connectivity index (χ2v) is 12.4. The van der Waals surface area contributed by atoms with Crippen LogP contribution in [0.4, 0.5) is 4.39 Å². The lowest BCUT2D eigenvalue weighted by atomic mass is 9.95. The molecule has 0 bridgehead atoms. The molecule has 2 heterocycles. The van der Waals surface area contributed by atoms with Crippen LogP contribution in [0, 0.1) is 29.5 Å². The lowest BCUT2D eigenvalue weighted by Crippen LogP contribution is -1.95. The molecule has 0 atom stereocenters. The summed E-state index contributed by atoms with van der Waals surface area (Å²) in [5.74, 6) is 0.612. The Morgan fingerprint density at radius 3 is 2.36 bits per heavy atom. The molecule has 0 N–H and O–H groups in total. The van der Waals surface area contributed by atoms with Crippen molar-refractivity contribution in [1.82, 2.24) is 4.98 Å². The van der Waals surface area contributed by atoms with Crippen molar-refractivity contribution in [2.45, 2.75) is 60.8 Å². The molecule has 2 nitrogen and oxygen atoms in total. The van der Waals surface area contributed by atoms with Crippen LogP contribution in [0.2, 0.25) is 0 Å². The molecule has 0 amide bonds. The van der Waals surface area contributed by atoms with Gasteiger partial charge in [0.25, 0.3) is 0 Å². The zero-order chi connectivity index (χ0) is 25.6. The molecule has 1 saturated carbocycles. The second-order valence-electron chi connectivity index (χ2n) is 12.4. The number of fused-ring (bicyclic) bond motifs is 4. The van der Waals surface area contributed by atoms with Crippen molar-refractivity contribution in [3.8, 4) is 11.3 Å². The minimum Gasteiger partial charge on any atom is -0.455 e. The van der Waals surface area contributed by atoms with Crippen LogP contribution < -0.4 is 0 Å². The molecule has 0 saturated heterocycles. The summed E-state index contributed by atoms with van der Waals surface area (Å²) in [6.07, 6.45) is 2.93. The first-order valence-corrected chi connectivity index (χ1v) is 13.0. The van der Waals surface area contributed by atoms with E-state index in [2.05, 4.69) is 84.9 Å². The van der Waals surface area contributed by atoms with E-state index in [0.29, 0.717) is 11.5 Å². The van der Waals surface area contributed by atoms with E-state index in [1.54, 1.807) is 6.07 Å². The van der Waals surface area contributed by atoms with Crippen LogP contribution >= 0.6 is 0 Å². The van der Waals surface area contributed by atoms with Crippen molar-refractivity contribution in [1.29, 1.82) is 0 Å². The van der Waals surface area contributed by atoms with Gasteiger partial charge in [-0.2, -0.15) is 0 Å². The van der Waals surface area contributed by atoms with E-state index in [1.807, 2.05) is 12.3 Å². The Morgan fingerprint density at radius 2 is 1.67 bits per heavy atom. The number of rotatable bonds is 4. The zero-order valence-corrected chi connectivity index (χ0v) is 22.3. The Morgan fingerprint density at radius 1 is 0.917 bits per heavy atom. The lowest BCUT2D eigenvalue weighted by Gasteiger charge is -2.10.